The lowest BCUT2D eigenvalue weighted by molar-refractivity contribution is -0.123. The molecule has 8 N–H and O–H groups in total. The van der Waals surface area contributed by atoms with Crippen molar-refractivity contribution in [2.24, 2.45) is 11.8 Å². The Morgan fingerprint density at radius 2 is 0.981 bits per heavy atom. The third-order valence-electron chi connectivity index (χ3n) is 9.47. The Morgan fingerprint density at radius 3 is 1.37 bits per heavy atom. The van der Waals surface area contributed by atoms with Crippen LogP contribution in [0.1, 0.15) is 40.7 Å². The van der Waals surface area contributed by atoms with E-state index in [1.165, 1.54) is 5.56 Å². The van der Waals surface area contributed by atoms with Crippen LogP contribution in [-0.2, 0) is 29.2 Å². The number of phenols is 2. The zero-order valence-electron chi connectivity index (χ0n) is 30.3. The normalized spacial score (nSPS) is 15.5. The molecule has 1 heterocycles. The van der Waals surface area contributed by atoms with E-state index in [9.17, 15) is 40.2 Å². The average Bonchev–Trinajstić information content (AvgIpc) is 3.15. The van der Waals surface area contributed by atoms with Crippen molar-refractivity contribution in [1.82, 2.24) is 14.7 Å². The van der Waals surface area contributed by atoms with Crippen LogP contribution in [0.2, 0.25) is 0 Å². The van der Waals surface area contributed by atoms with Gasteiger partial charge in [-0.05, 0) is 81.7 Å². The predicted octanol–water partition coefficient (Wildman–Crippen LogP) is 2.39. The van der Waals surface area contributed by atoms with Gasteiger partial charge in [0.2, 0.25) is 11.8 Å². The van der Waals surface area contributed by atoms with Gasteiger partial charge >= 0.3 is 0 Å². The monoisotopic (exact) mass is 721 g/mol. The van der Waals surface area contributed by atoms with Crippen LogP contribution in [0.3, 0.4) is 0 Å². The molecule has 0 bridgehead atoms. The van der Waals surface area contributed by atoms with Gasteiger partial charge in [-0.15, -0.1) is 0 Å². The molecule has 2 amide bonds. The summed E-state index contributed by atoms with van der Waals surface area (Å²) in [6.45, 7) is 7.87. The van der Waals surface area contributed by atoms with Gasteiger partial charge in [-0.2, -0.15) is 0 Å². The average molecular weight is 722 g/mol. The highest BCUT2D eigenvalue weighted by Crippen LogP contribution is 2.33. The van der Waals surface area contributed by atoms with Crippen LogP contribution in [-0.4, -0.2) is 123 Å². The van der Waals surface area contributed by atoms with Crippen molar-refractivity contribution >= 4 is 23.2 Å². The molecular weight excluding hydrogens is 666 g/mol. The van der Waals surface area contributed by atoms with Crippen LogP contribution in [0.15, 0.2) is 54.6 Å². The summed E-state index contributed by atoms with van der Waals surface area (Å²) in [5, 5.41) is 65.8. The van der Waals surface area contributed by atoms with Crippen molar-refractivity contribution in [2.75, 3.05) is 76.3 Å². The Bertz CT molecular complexity index is 1500. The highest BCUT2D eigenvalue weighted by molar-refractivity contribution is 5.95. The molecule has 0 aromatic heterocycles. The summed E-state index contributed by atoms with van der Waals surface area (Å²) in [7, 11) is 0. The lowest BCUT2D eigenvalue weighted by Crippen LogP contribution is -2.36. The Labute approximate surface area is 306 Å². The lowest BCUT2D eigenvalue weighted by Gasteiger charge is -2.28. The molecule has 1 aliphatic heterocycles. The fourth-order valence-electron chi connectivity index (χ4n) is 6.51. The van der Waals surface area contributed by atoms with Gasteiger partial charge in [0.05, 0.1) is 49.6 Å². The van der Waals surface area contributed by atoms with Crippen molar-refractivity contribution in [3.05, 3.63) is 82.4 Å². The number of carbonyl (C=O) groups excluding carboxylic acids is 2. The molecule has 1 aliphatic rings. The maximum absolute atomic E-state index is 12.6. The number of nitrogens with one attached hydrogen (secondary N) is 2. The maximum Gasteiger partial charge on any atom is 0.232 e. The topological polar surface area (TPSA) is 189 Å². The van der Waals surface area contributed by atoms with Crippen molar-refractivity contribution < 1.29 is 40.2 Å². The van der Waals surface area contributed by atoms with E-state index >= 15 is 0 Å². The van der Waals surface area contributed by atoms with E-state index in [2.05, 4.69) is 37.5 Å². The second-order valence-electron chi connectivity index (χ2n) is 13.8. The van der Waals surface area contributed by atoms with Crippen LogP contribution in [0.4, 0.5) is 11.4 Å². The molecule has 0 spiro atoms. The van der Waals surface area contributed by atoms with Crippen LogP contribution in [0.5, 0.6) is 11.5 Å². The molecule has 13 nitrogen and oxygen atoms in total. The van der Waals surface area contributed by atoms with Crippen LogP contribution >= 0.6 is 0 Å². The highest BCUT2D eigenvalue weighted by Gasteiger charge is 2.23. The largest absolute Gasteiger partial charge is 0.505 e. The number of aliphatic hydroxyl groups excluding tert-OH is 4. The lowest BCUT2D eigenvalue weighted by atomic mass is 10.1. The summed E-state index contributed by atoms with van der Waals surface area (Å²) < 4.78 is 0. The summed E-state index contributed by atoms with van der Waals surface area (Å²) >= 11 is 0. The van der Waals surface area contributed by atoms with Crippen molar-refractivity contribution in [1.29, 1.82) is 0 Å². The number of nitrogens with zero attached hydrogens (tertiary/aromatic N) is 3. The number of amides is 2. The van der Waals surface area contributed by atoms with Gasteiger partial charge in [0.1, 0.15) is 11.5 Å². The minimum absolute atomic E-state index is 0.0608. The summed E-state index contributed by atoms with van der Waals surface area (Å²) in [5.74, 6) is -3.28. The van der Waals surface area contributed by atoms with E-state index < -0.39 is 50.1 Å². The Balaban J connectivity index is 1.58. The number of aryl methyl sites for hydroxylation is 2. The molecule has 0 aliphatic carbocycles. The van der Waals surface area contributed by atoms with Gasteiger partial charge in [0.25, 0.3) is 0 Å². The van der Waals surface area contributed by atoms with E-state index in [0.717, 1.165) is 56.7 Å². The van der Waals surface area contributed by atoms with E-state index in [4.69, 9.17) is 0 Å². The van der Waals surface area contributed by atoms with Crippen LogP contribution in [0, 0.1) is 25.7 Å². The zero-order valence-corrected chi connectivity index (χ0v) is 30.3. The van der Waals surface area contributed by atoms with Gasteiger partial charge in [-0.25, -0.2) is 0 Å². The number of aliphatic hydroxyl groups is 4. The number of hydrogen-bond donors (Lipinski definition) is 8. The van der Waals surface area contributed by atoms with Crippen molar-refractivity contribution in [3.63, 3.8) is 0 Å². The summed E-state index contributed by atoms with van der Waals surface area (Å²) in [4.78, 5) is 32.3. The number of phenolic OH excluding ortho intramolecular Hbond substituents is 2. The van der Waals surface area contributed by atoms with Gasteiger partial charge in [-0.3, -0.25) is 24.3 Å². The molecule has 284 valence electrons. The van der Waals surface area contributed by atoms with E-state index in [1.807, 2.05) is 44.2 Å². The number of anilines is 2. The molecule has 0 atom stereocenters. The first-order valence-electron chi connectivity index (χ1n) is 18.0. The molecule has 0 unspecified atom stereocenters. The minimum atomic E-state index is -1.00. The molecule has 1 fully saturated rings. The highest BCUT2D eigenvalue weighted by atomic mass is 16.3. The van der Waals surface area contributed by atoms with E-state index in [1.54, 1.807) is 12.1 Å². The molecule has 3 aromatic carbocycles. The SMILES string of the molecule is Cc1cc(CN2CCCN(Cc3ccccc3)CCCN(Cc3cc(C)cc(NC(=O)C(CO)CO)c3O)CC2)c(O)c(NC(=O)C(CO)CO)c1. The minimum Gasteiger partial charge on any atom is -0.505 e. The number of aromatic hydroxyl groups is 2. The smallest absolute Gasteiger partial charge is 0.232 e. The summed E-state index contributed by atoms with van der Waals surface area (Å²) in [6.07, 6.45) is 1.78. The zero-order chi connectivity index (χ0) is 37.6. The quantitative estimate of drug-likeness (QED) is 0.114. The molecule has 1 saturated heterocycles. The van der Waals surface area contributed by atoms with Crippen molar-refractivity contribution in [3.8, 4) is 11.5 Å². The first-order valence-corrected chi connectivity index (χ1v) is 18.0. The standard InChI is InChI=1S/C39H55N5O8/c1-27-16-30(36(49)34(18-27)40-38(51)32(23-45)24-46)21-43-12-6-10-42(20-29-8-4-3-5-9-29)11-7-13-44(15-14-43)22-31-17-28(2)19-35(37(31)50)41-39(52)33(25-47)26-48/h3-5,8-9,16-19,32-33,45-50H,6-7,10-15,20-26H2,1-2H3,(H,40,51)(H,41,52). The molecular formula is C39H55N5O8. The van der Waals surface area contributed by atoms with E-state index in [0.29, 0.717) is 37.3 Å². The molecule has 52 heavy (non-hydrogen) atoms. The number of carbonyl (C=O) groups is 2. The third-order valence-corrected chi connectivity index (χ3v) is 9.47. The fraction of sp³-hybridized carbons (Fsp3) is 0.487. The van der Waals surface area contributed by atoms with Gasteiger partial charge in [0, 0.05) is 43.9 Å². The van der Waals surface area contributed by atoms with Crippen molar-refractivity contribution in [2.45, 2.75) is 46.3 Å². The second-order valence-corrected chi connectivity index (χ2v) is 13.8. The van der Waals surface area contributed by atoms with Crippen LogP contribution < -0.4 is 10.6 Å². The summed E-state index contributed by atoms with van der Waals surface area (Å²) in [5.41, 5.74) is 4.64. The fourth-order valence-corrected chi connectivity index (χ4v) is 6.51. The predicted molar refractivity (Wildman–Crippen MR) is 200 cm³/mol. The molecule has 13 heteroatoms. The second kappa shape index (κ2) is 20.2. The Hall–Kier alpha value is -4.08. The molecule has 4 rings (SSSR count). The number of rotatable bonds is 14. The van der Waals surface area contributed by atoms with Gasteiger partial charge in [0.15, 0.2) is 0 Å². The number of benzene rings is 3. The van der Waals surface area contributed by atoms with Gasteiger partial charge < -0.3 is 41.3 Å². The van der Waals surface area contributed by atoms with Crippen LogP contribution in [0.25, 0.3) is 0 Å². The molecule has 3 aromatic rings. The number of hydrogen-bond acceptors (Lipinski definition) is 11. The Morgan fingerprint density at radius 1 is 0.596 bits per heavy atom. The third kappa shape index (κ3) is 11.7. The summed E-state index contributed by atoms with van der Waals surface area (Å²) in [6, 6.07) is 17.5. The van der Waals surface area contributed by atoms with Gasteiger partial charge in [-0.1, -0.05) is 42.5 Å². The van der Waals surface area contributed by atoms with E-state index in [-0.39, 0.29) is 22.9 Å². The maximum atomic E-state index is 12.6. The molecule has 0 saturated carbocycles. The Kier molecular flexibility index (Phi) is 15.8. The first-order chi connectivity index (χ1) is 25.0. The first kappa shape index (κ1) is 40.7. The molecule has 0 radical (unpaired) electrons.